The van der Waals surface area contributed by atoms with E-state index in [1.807, 2.05) is 6.07 Å². The fourth-order valence-electron chi connectivity index (χ4n) is 2.29. The average molecular weight is 318 g/mol. The van der Waals surface area contributed by atoms with E-state index < -0.39 is 0 Å². The Labute approximate surface area is 131 Å². The topological polar surface area (TPSA) is 84.9 Å². The summed E-state index contributed by atoms with van der Waals surface area (Å²) in [6.45, 7) is 0.260. The van der Waals surface area contributed by atoms with Gasteiger partial charge in [0.25, 0.3) is 0 Å². The number of halogens is 1. The van der Waals surface area contributed by atoms with Crippen LogP contribution in [-0.4, -0.2) is 32.0 Å². The highest BCUT2D eigenvalue weighted by atomic mass is 32.1. The molecule has 22 heavy (non-hydrogen) atoms. The van der Waals surface area contributed by atoms with Crippen LogP contribution in [0.5, 0.6) is 0 Å². The van der Waals surface area contributed by atoms with Gasteiger partial charge in [-0.2, -0.15) is 8.75 Å². The summed E-state index contributed by atoms with van der Waals surface area (Å²) in [6.07, 6.45) is 2.10. The van der Waals surface area contributed by atoms with Gasteiger partial charge in [-0.25, -0.2) is 9.37 Å². The lowest BCUT2D eigenvalue weighted by Gasteiger charge is -2.13. The lowest BCUT2D eigenvalue weighted by Crippen LogP contribution is -2.20. The zero-order valence-electron chi connectivity index (χ0n) is 11.7. The third kappa shape index (κ3) is 2.96. The Balaban J connectivity index is 1.96. The zero-order valence-corrected chi connectivity index (χ0v) is 12.6. The second kappa shape index (κ2) is 6.43. The summed E-state index contributed by atoms with van der Waals surface area (Å²) in [7, 11) is 0. The molecule has 7 heteroatoms. The van der Waals surface area contributed by atoms with Gasteiger partial charge in [0.15, 0.2) is 5.65 Å². The smallest absolute Gasteiger partial charge is 0.193 e. The van der Waals surface area contributed by atoms with Crippen molar-refractivity contribution in [3.05, 3.63) is 41.8 Å². The number of benzene rings is 1. The molecule has 0 fully saturated rings. The van der Waals surface area contributed by atoms with Gasteiger partial charge in [-0.05, 0) is 48.2 Å². The Kier molecular flexibility index (Phi) is 4.37. The van der Waals surface area contributed by atoms with Crippen LogP contribution in [0, 0.1) is 11.7 Å². The predicted octanol–water partition coefficient (Wildman–Crippen LogP) is 2.00. The summed E-state index contributed by atoms with van der Waals surface area (Å²) in [4.78, 5) is 4.25. The van der Waals surface area contributed by atoms with Crippen LogP contribution in [0.4, 0.5) is 4.39 Å². The minimum absolute atomic E-state index is 0.0574. The van der Waals surface area contributed by atoms with Crippen molar-refractivity contribution in [3.63, 3.8) is 0 Å². The molecule has 0 aliphatic rings. The predicted molar refractivity (Wildman–Crippen MR) is 83.9 cm³/mol. The Hall–Kier alpha value is -1.96. The summed E-state index contributed by atoms with van der Waals surface area (Å²) >= 11 is 1.11. The molecule has 0 aliphatic carbocycles. The molecule has 114 valence electrons. The Morgan fingerprint density at radius 2 is 2.09 bits per heavy atom. The summed E-state index contributed by atoms with van der Waals surface area (Å²) in [5.41, 5.74) is 9.16. The molecule has 0 spiro atoms. The van der Waals surface area contributed by atoms with Crippen molar-refractivity contribution < 1.29 is 9.50 Å². The monoisotopic (exact) mass is 318 g/mol. The van der Waals surface area contributed by atoms with Crippen molar-refractivity contribution in [2.24, 2.45) is 11.7 Å². The van der Waals surface area contributed by atoms with Crippen LogP contribution in [0.15, 0.2) is 30.5 Å². The van der Waals surface area contributed by atoms with E-state index in [1.165, 1.54) is 6.07 Å². The van der Waals surface area contributed by atoms with Gasteiger partial charge in [0.2, 0.25) is 0 Å². The number of aliphatic hydroxyl groups is 1. The van der Waals surface area contributed by atoms with Crippen molar-refractivity contribution in [2.45, 2.75) is 6.42 Å². The molecule has 3 rings (SSSR count). The van der Waals surface area contributed by atoms with E-state index in [0.29, 0.717) is 24.2 Å². The zero-order chi connectivity index (χ0) is 15.5. The van der Waals surface area contributed by atoms with Gasteiger partial charge in [-0.1, -0.05) is 6.07 Å². The molecular weight excluding hydrogens is 303 g/mol. The Morgan fingerprint density at radius 3 is 2.86 bits per heavy atom. The first-order chi connectivity index (χ1) is 10.7. The summed E-state index contributed by atoms with van der Waals surface area (Å²) in [6, 6.07) is 6.79. The van der Waals surface area contributed by atoms with Crippen LogP contribution in [-0.2, 0) is 6.42 Å². The fraction of sp³-hybridized carbons (Fsp3) is 0.267. The molecule has 3 aromatic rings. The highest BCUT2D eigenvalue weighted by Crippen LogP contribution is 2.25. The minimum Gasteiger partial charge on any atom is -0.396 e. The number of nitrogens with zero attached hydrogens (tertiary/aromatic N) is 3. The van der Waals surface area contributed by atoms with E-state index in [2.05, 4.69) is 13.7 Å². The number of aliphatic hydroxyl groups excluding tert-OH is 1. The molecule has 2 heterocycles. The normalized spacial score (nSPS) is 12.7. The largest absolute Gasteiger partial charge is 0.396 e. The SMILES string of the molecule is NCC(CO)Cc1cc(-c2cnc3nsnc3c2)ccc1F. The maximum absolute atomic E-state index is 14.0. The van der Waals surface area contributed by atoms with Crippen LogP contribution in [0.3, 0.4) is 0 Å². The van der Waals surface area contributed by atoms with Gasteiger partial charge in [0.1, 0.15) is 11.3 Å². The lowest BCUT2D eigenvalue weighted by molar-refractivity contribution is 0.229. The van der Waals surface area contributed by atoms with Crippen LogP contribution in [0.1, 0.15) is 5.56 Å². The number of fused-ring (bicyclic) bond motifs is 1. The van der Waals surface area contributed by atoms with Crippen molar-refractivity contribution in [2.75, 3.05) is 13.2 Å². The van der Waals surface area contributed by atoms with E-state index in [9.17, 15) is 9.50 Å². The maximum Gasteiger partial charge on any atom is 0.193 e. The maximum atomic E-state index is 14.0. The van der Waals surface area contributed by atoms with E-state index in [-0.39, 0.29) is 18.3 Å². The minimum atomic E-state index is -0.292. The average Bonchev–Trinajstić information content (AvgIpc) is 3.01. The van der Waals surface area contributed by atoms with Crippen molar-refractivity contribution in [1.29, 1.82) is 0 Å². The second-order valence-electron chi connectivity index (χ2n) is 5.13. The number of hydrogen-bond donors (Lipinski definition) is 2. The standard InChI is InChI=1S/C15H15FN4OS/c16-13-2-1-10(4-11(13)3-9(6-17)8-21)12-5-14-15(18-7-12)20-22-19-14/h1-2,4-5,7,9,21H,3,6,8,17H2. The molecule has 1 unspecified atom stereocenters. The highest BCUT2D eigenvalue weighted by molar-refractivity contribution is 7.00. The van der Waals surface area contributed by atoms with Crippen LogP contribution in [0.2, 0.25) is 0 Å². The quantitative estimate of drug-likeness (QED) is 0.751. The molecule has 1 atom stereocenters. The van der Waals surface area contributed by atoms with Gasteiger partial charge in [-0.3, -0.25) is 0 Å². The first-order valence-electron chi connectivity index (χ1n) is 6.89. The first-order valence-corrected chi connectivity index (χ1v) is 7.62. The number of nitrogens with two attached hydrogens (primary N) is 1. The summed E-state index contributed by atoms with van der Waals surface area (Å²) in [5, 5.41) is 9.23. The molecule has 0 amide bonds. The Bertz CT molecular complexity index is 788. The number of aromatic nitrogens is 3. The van der Waals surface area contributed by atoms with Gasteiger partial charge >= 0.3 is 0 Å². The number of pyridine rings is 1. The van der Waals surface area contributed by atoms with Gasteiger partial charge < -0.3 is 10.8 Å². The summed E-state index contributed by atoms with van der Waals surface area (Å²) in [5.74, 6) is -0.437. The highest BCUT2D eigenvalue weighted by Gasteiger charge is 2.12. The molecule has 1 aromatic carbocycles. The fourth-order valence-corrected chi connectivity index (χ4v) is 2.77. The van der Waals surface area contributed by atoms with Crippen LogP contribution >= 0.6 is 11.7 Å². The third-order valence-electron chi connectivity index (χ3n) is 3.59. The molecule has 0 radical (unpaired) electrons. The van der Waals surface area contributed by atoms with Gasteiger partial charge in [0.05, 0.1) is 11.7 Å². The lowest BCUT2D eigenvalue weighted by atomic mass is 9.96. The van der Waals surface area contributed by atoms with Crippen LogP contribution in [0.25, 0.3) is 22.3 Å². The van der Waals surface area contributed by atoms with E-state index in [0.717, 1.165) is 28.4 Å². The molecule has 0 bridgehead atoms. The molecular formula is C15H15FN4OS. The molecule has 0 aliphatic heterocycles. The molecule has 0 saturated carbocycles. The molecule has 0 saturated heterocycles. The number of hydrogen-bond acceptors (Lipinski definition) is 6. The van der Waals surface area contributed by atoms with E-state index in [4.69, 9.17) is 5.73 Å². The second-order valence-corrected chi connectivity index (χ2v) is 5.65. The Morgan fingerprint density at radius 1 is 1.23 bits per heavy atom. The van der Waals surface area contributed by atoms with E-state index in [1.54, 1.807) is 18.3 Å². The van der Waals surface area contributed by atoms with Crippen molar-refractivity contribution >= 4 is 22.9 Å². The van der Waals surface area contributed by atoms with E-state index >= 15 is 0 Å². The molecule has 5 nitrogen and oxygen atoms in total. The van der Waals surface area contributed by atoms with Crippen LogP contribution < -0.4 is 5.73 Å². The third-order valence-corrected chi connectivity index (χ3v) is 4.13. The molecule has 2 aromatic heterocycles. The summed E-state index contributed by atoms with van der Waals surface area (Å²) < 4.78 is 22.2. The molecule has 3 N–H and O–H groups in total. The van der Waals surface area contributed by atoms with Gasteiger partial charge in [-0.15, -0.1) is 0 Å². The van der Waals surface area contributed by atoms with Crippen molar-refractivity contribution in [3.8, 4) is 11.1 Å². The number of rotatable bonds is 5. The first kappa shape index (κ1) is 15.0. The van der Waals surface area contributed by atoms with Crippen molar-refractivity contribution in [1.82, 2.24) is 13.7 Å². The van der Waals surface area contributed by atoms with Gasteiger partial charge in [0, 0.05) is 18.4 Å².